The molecule has 7 nitrogen and oxygen atoms in total. The van der Waals surface area contributed by atoms with Crippen LogP contribution in [0.15, 0.2) is 10.9 Å². The van der Waals surface area contributed by atoms with Crippen LogP contribution in [-0.2, 0) is 11.3 Å². The van der Waals surface area contributed by atoms with E-state index in [1.54, 1.807) is 12.6 Å². The SMILES string of the molecule is CN(CCNC(=O)NCc1cscn1)C(=O)OC(C)(C)C. The molecule has 118 valence electrons. The van der Waals surface area contributed by atoms with Gasteiger partial charge < -0.3 is 20.3 Å². The molecule has 0 spiro atoms. The number of hydrogen-bond donors (Lipinski definition) is 2. The van der Waals surface area contributed by atoms with Crippen LogP contribution >= 0.6 is 11.3 Å². The molecule has 1 heterocycles. The summed E-state index contributed by atoms with van der Waals surface area (Å²) in [6.45, 7) is 6.53. The number of likely N-dealkylation sites (N-methyl/N-ethyl adjacent to an activating group) is 1. The Morgan fingerprint density at radius 1 is 1.38 bits per heavy atom. The van der Waals surface area contributed by atoms with Gasteiger partial charge in [-0.2, -0.15) is 0 Å². The fraction of sp³-hybridized carbons (Fsp3) is 0.615. The Morgan fingerprint density at radius 2 is 2.10 bits per heavy atom. The minimum absolute atomic E-state index is 0.291. The van der Waals surface area contributed by atoms with Gasteiger partial charge in [-0.15, -0.1) is 11.3 Å². The second-order valence-electron chi connectivity index (χ2n) is 5.49. The lowest BCUT2D eigenvalue weighted by atomic mass is 10.2. The molecule has 3 amide bonds. The van der Waals surface area contributed by atoms with Crippen LogP contribution in [0.2, 0.25) is 0 Å². The highest BCUT2D eigenvalue weighted by atomic mass is 32.1. The van der Waals surface area contributed by atoms with Gasteiger partial charge in [0.2, 0.25) is 0 Å². The zero-order valence-electron chi connectivity index (χ0n) is 12.8. The first-order valence-corrected chi connectivity index (χ1v) is 7.55. The van der Waals surface area contributed by atoms with Crippen molar-refractivity contribution in [1.82, 2.24) is 20.5 Å². The molecule has 0 unspecified atom stereocenters. The number of carbonyl (C=O) groups is 2. The zero-order chi connectivity index (χ0) is 15.9. The molecule has 0 atom stereocenters. The molecular weight excluding hydrogens is 292 g/mol. The summed E-state index contributed by atoms with van der Waals surface area (Å²) in [5.74, 6) is 0. The third-order valence-electron chi connectivity index (χ3n) is 2.35. The summed E-state index contributed by atoms with van der Waals surface area (Å²) in [4.78, 5) is 28.7. The van der Waals surface area contributed by atoms with E-state index in [1.807, 2.05) is 26.2 Å². The molecule has 0 aliphatic heterocycles. The zero-order valence-corrected chi connectivity index (χ0v) is 13.6. The highest BCUT2D eigenvalue weighted by Crippen LogP contribution is 2.08. The number of nitrogens with one attached hydrogen (secondary N) is 2. The van der Waals surface area contributed by atoms with E-state index >= 15 is 0 Å². The lowest BCUT2D eigenvalue weighted by Gasteiger charge is -2.24. The van der Waals surface area contributed by atoms with Crippen LogP contribution in [0, 0.1) is 0 Å². The monoisotopic (exact) mass is 314 g/mol. The van der Waals surface area contributed by atoms with Crippen molar-refractivity contribution >= 4 is 23.5 Å². The maximum Gasteiger partial charge on any atom is 0.410 e. The summed E-state index contributed by atoms with van der Waals surface area (Å²) in [6, 6.07) is -0.291. The summed E-state index contributed by atoms with van der Waals surface area (Å²) in [6.07, 6.45) is -0.410. The van der Waals surface area contributed by atoms with Crippen LogP contribution in [0.5, 0.6) is 0 Å². The number of nitrogens with zero attached hydrogens (tertiary/aromatic N) is 2. The minimum Gasteiger partial charge on any atom is -0.444 e. The summed E-state index contributed by atoms with van der Waals surface area (Å²) in [5, 5.41) is 7.23. The molecule has 0 radical (unpaired) electrons. The quantitative estimate of drug-likeness (QED) is 0.868. The number of amides is 3. The Morgan fingerprint density at radius 3 is 2.67 bits per heavy atom. The van der Waals surface area contributed by atoms with Gasteiger partial charge in [-0.05, 0) is 20.8 Å². The second kappa shape index (κ2) is 7.82. The molecule has 2 N–H and O–H groups in total. The first kappa shape index (κ1) is 17.2. The molecule has 0 aromatic carbocycles. The average Bonchev–Trinajstić information content (AvgIpc) is 2.87. The van der Waals surface area contributed by atoms with Crippen molar-refractivity contribution in [2.75, 3.05) is 20.1 Å². The Bertz CT molecular complexity index is 456. The van der Waals surface area contributed by atoms with Gasteiger partial charge >= 0.3 is 12.1 Å². The molecule has 0 saturated carbocycles. The minimum atomic E-state index is -0.524. The smallest absolute Gasteiger partial charge is 0.410 e. The number of hydrogen-bond acceptors (Lipinski definition) is 5. The van der Waals surface area contributed by atoms with Crippen LogP contribution in [0.1, 0.15) is 26.5 Å². The fourth-order valence-electron chi connectivity index (χ4n) is 1.33. The Labute approximate surface area is 128 Å². The predicted octanol–water partition coefficient (Wildman–Crippen LogP) is 1.81. The third kappa shape index (κ3) is 7.50. The first-order valence-electron chi connectivity index (χ1n) is 6.61. The molecule has 0 saturated heterocycles. The highest BCUT2D eigenvalue weighted by Gasteiger charge is 2.19. The van der Waals surface area contributed by atoms with E-state index in [0.717, 1.165) is 5.69 Å². The van der Waals surface area contributed by atoms with Gasteiger partial charge in [0.05, 0.1) is 17.7 Å². The van der Waals surface area contributed by atoms with Crippen LogP contribution in [0.25, 0.3) is 0 Å². The Balaban J connectivity index is 2.17. The molecule has 0 fully saturated rings. The van der Waals surface area contributed by atoms with E-state index in [0.29, 0.717) is 19.6 Å². The van der Waals surface area contributed by atoms with E-state index in [2.05, 4.69) is 15.6 Å². The van der Waals surface area contributed by atoms with Crippen molar-refractivity contribution < 1.29 is 14.3 Å². The Kier molecular flexibility index (Phi) is 6.41. The van der Waals surface area contributed by atoms with Crippen LogP contribution in [0.4, 0.5) is 9.59 Å². The third-order valence-corrected chi connectivity index (χ3v) is 2.99. The summed E-state index contributed by atoms with van der Waals surface area (Å²) < 4.78 is 5.21. The average molecular weight is 314 g/mol. The fourth-order valence-corrected chi connectivity index (χ4v) is 1.88. The van der Waals surface area contributed by atoms with Crippen LogP contribution < -0.4 is 10.6 Å². The summed E-state index contributed by atoms with van der Waals surface area (Å²) in [7, 11) is 1.63. The molecule has 21 heavy (non-hydrogen) atoms. The number of urea groups is 1. The predicted molar refractivity (Wildman–Crippen MR) is 81.2 cm³/mol. The van der Waals surface area contributed by atoms with E-state index in [1.165, 1.54) is 16.2 Å². The maximum atomic E-state index is 11.7. The van der Waals surface area contributed by atoms with Crippen molar-refractivity contribution in [1.29, 1.82) is 0 Å². The molecule has 1 aromatic rings. The molecule has 1 aromatic heterocycles. The number of aromatic nitrogens is 1. The standard InChI is InChI=1S/C13H22N4O3S/c1-13(2,3)20-12(19)17(4)6-5-14-11(18)15-7-10-8-21-9-16-10/h8-9H,5-7H2,1-4H3,(H2,14,15,18). The molecule has 0 bridgehead atoms. The van der Waals surface area contributed by atoms with E-state index in [9.17, 15) is 9.59 Å². The van der Waals surface area contributed by atoms with Gasteiger partial charge in [0.25, 0.3) is 0 Å². The summed E-state index contributed by atoms with van der Waals surface area (Å²) in [5.41, 5.74) is 2.01. The van der Waals surface area contributed by atoms with Gasteiger partial charge in [0.15, 0.2) is 0 Å². The summed E-state index contributed by atoms with van der Waals surface area (Å²) >= 11 is 1.48. The van der Waals surface area contributed by atoms with E-state index in [-0.39, 0.29) is 6.03 Å². The van der Waals surface area contributed by atoms with Crippen LogP contribution in [0.3, 0.4) is 0 Å². The number of ether oxygens (including phenoxy) is 1. The Hall–Kier alpha value is -1.83. The second-order valence-corrected chi connectivity index (χ2v) is 6.21. The first-order chi connectivity index (χ1) is 9.78. The van der Waals surface area contributed by atoms with Gasteiger partial charge in [-0.25, -0.2) is 14.6 Å². The highest BCUT2D eigenvalue weighted by molar-refractivity contribution is 7.07. The molecule has 8 heteroatoms. The largest absolute Gasteiger partial charge is 0.444 e. The number of carbonyl (C=O) groups excluding carboxylic acids is 2. The van der Waals surface area contributed by atoms with Crippen molar-refractivity contribution in [3.8, 4) is 0 Å². The van der Waals surface area contributed by atoms with E-state index < -0.39 is 11.7 Å². The normalized spacial score (nSPS) is 10.9. The number of rotatable bonds is 5. The maximum absolute atomic E-state index is 11.7. The van der Waals surface area contributed by atoms with Crippen molar-refractivity contribution in [2.24, 2.45) is 0 Å². The van der Waals surface area contributed by atoms with E-state index in [4.69, 9.17) is 4.74 Å². The van der Waals surface area contributed by atoms with Crippen molar-refractivity contribution in [2.45, 2.75) is 32.9 Å². The lowest BCUT2D eigenvalue weighted by molar-refractivity contribution is 0.0301. The van der Waals surface area contributed by atoms with Crippen molar-refractivity contribution in [3.05, 3.63) is 16.6 Å². The van der Waals surface area contributed by atoms with Gasteiger partial charge in [-0.3, -0.25) is 0 Å². The molecular formula is C13H22N4O3S. The topological polar surface area (TPSA) is 83.6 Å². The van der Waals surface area contributed by atoms with Gasteiger partial charge in [-0.1, -0.05) is 0 Å². The molecule has 0 aliphatic carbocycles. The van der Waals surface area contributed by atoms with Crippen LogP contribution in [-0.4, -0.2) is 47.7 Å². The van der Waals surface area contributed by atoms with Gasteiger partial charge in [0.1, 0.15) is 5.60 Å². The van der Waals surface area contributed by atoms with Crippen molar-refractivity contribution in [3.63, 3.8) is 0 Å². The lowest BCUT2D eigenvalue weighted by Crippen LogP contribution is -2.42. The molecule has 0 aliphatic rings. The van der Waals surface area contributed by atoms with Gasteiger partial charge in [0, 0.05) is 25.5 Å². The molecule has 1 rings (SSSR count). The number of thiazole rings is 1.